The Balaban J connectivity index is 2.85. The number of nitrogens with two attached hydrogens (primary N) is 1. The van der Waals surface area contributed by atoms with E-state index < -0.39 is 0 Å². The Bertz CT molecular complexity index is 111. The van der Waals surface area contributed by atoms with Gasteiger partial charge in [-0.1, -0.05) is 0 Å². The minimum Gasteiger partial charge on any atom is -0.329 e. The van der Waals surface area contributed by atoms with Crippen LogP contribution in [0.5, 0.6) is 0 Å². The van der Waals surface area contributed by atoms with E-state index in [4.69, 9.17) is 10.6 Å². The van der Waals surface area contributed by atoms with Crippen LogP contribution in [0.15, 0.2) is 0 Å². The SMILES string of the molecule is CN(C)OCCCNCCNCCN. The van der Waals surface area contributed by atoms with Gasteiger partial charge in [0.1, 0.15) is 0 Å². The quantitative estimate of drug-likeness (QED) is 0.315. The van der Waals surface area contributed by atoms with Crippen molar-refractivity contribution in [1.29, 1.82) is 0 Å². The van der Waals surface area contributed by atoms with Crippen LogP contribution in [0.3, 0.4) is 0 Å². The van der Waals surface area contributed by atoms with Crippen LogP contribution in [0.2, 0.25) is 0 Å². The van der Waals surface area contributed by atoms with Crippen molar-refractivity contribution in [3.05, 3.63) is 0 Å². The molecule has 0 spiro atoms. The summed E-state index contributed by atoms with van der Waals surface area (Å²) >= 11 is 0. The van der Waals surface area contributed by atoms with Gasteiger partial charge in [0.2, 0.25) is 0 Å². The highest BCUT2D eigenvalue weighted by atomic mass is 16.7. The first-order valence-corrected chi connectivity index (χ1v) is 5.19. The van der Waals surface area contributed by atoms with Crippen LogP contribution in [0, 0.1) is 0 Å². The molecule has 86 valence electrons. The molecule has 0 radical (unpaired) electrons. The molecule has 0 aromatic rings. The van der Waals surface area contributed by atoms with E-state index in [0.717, 1.165) is 39.2 Å². The van der Waals surface area contributed by atoms with Crippen molar-refractivity contribution in [3.8, 4) is 0 Å². The van der Waals surface area contributed by atoms with Crippen LogP contribution in [-0.2, 0) is 4.84 Å². The number of hydroxylamine groups is 2. The van der Waals surface area contributed by atoms with Crippen LogP contribution >= 0.6 is 0 Å². The van der Waals surface area contributed by atoms with Gasteiger partial charge in [0, 0.05) is 40.3 Å². The van der Waals surface area contributed by atoms with Crippen molar-refractivity contribution in [1.82, 2.24) is 15.7 Å². The Labute approximate surface area is 86.9 Å². The van der Waals surface area contributed by atoms with Gasteiger partial charge in [-0.3, -0.25) is 4.84 Å². The van der Waals surface area contributed by atoms with E-state index in [2.05, 4.69) is 10.6 Å². The van der Waals surface area contributed by atoms with Gasteiger partial charge in [-0.25, -0.2) is 0 Å². The molecule has 0 saturated carbocycles. The van der Waals surface area contributed by atoms with Gasteiger partial charge in [-0.15, -0.1) is 0 Å². The fourth-order valence-electron chi connectivity index (χ4n) is 0.973. The molecule has 0 rings (SSSR count). The van der Waals surface area contributed by atoms with Crippen molar-refractivity contribution in [3.63, 3.8) is 0 Å². The smallest absolute Gasteiger partial charge is 0.0696 e. The maximum Gasteiger partial charge on any atom is 0.0696 e. The zero-order valence-electron chi connectivity index (χ0n) is 9.38. The summed E-state index contributed by atoms with van der Waals surface area (Å²) in [5, 5.41) is 8.26. The van der Waals surface area contributed by atoms with E-state index in [0.29, 0.717) is 6.54 Å². The summed E-state index contributed by atoms with van der Waals surface area (Å²) in [5.41, 5.74) is 5.33. The Morgan fingerprint density at radius 3 is 2.29 bits per heavy atom. The molecule has 5 heteroatoms. The summed E-state index contributed by atoms with van der Waals surface area (Å²) in [6.07, 6.45) is 1.04. The summed E-state index contributed by atoms with van der Waals surface area (Å²) in [6, 6.07) is 0. The fourth-order valence-corrected chi connectivity index (χ4v) is 0.973. The van der Waals surface area contributed by atoms with E-state index in [1.165, 1.54) is 0 Å². The van der Waals surface area contributed by atoms with Crippen molar-refractivity contribution in [2.75, 3.05) is 53.4 Å². The summed E-state index contributed by atoms with van der Waals surface area (Å²) in [7, 11) is 3.79. The molecule has 0 unspecified atom stereocenters. The van der Waals surface area contributed by atoms with Crippen LogP contribution in [0.4, 0.5) is 0 Å². The third-order valence-corrected chi connectivity index (χ3v) is 1.65. The Kier molecular flexibility index (Phi) is 10.7. The molecule has 0 saturated heterocycles. The minimum absolute atomic E-state index is 0.705. The van der Waals surface area contributed by atoms with E-state index >= 15 is 0 Å². The zero-order valence-corrected chi connectivity index (χ0v) is 9.38. The summed E-state index contributed by atoms with van der Waals surface area (Å²) in [4.78, 5) is 5.25. The number of hydrogen-bond donors (Lipinski definition) is 3. The second kappa shape index (κ2) is 10.9. The van der Waals surface area contributed by atoms with Gasteiger partial charge in [0.15, 0.2) is 0 Å². The topological polar surface area (TPSA) is 62.5 Å². The van der Waals surface area contributed by atoms with Gasteiger partial charge in [0.05, 0.1) is 6.61 Å². The van der Waals surface area contributed by atoms with Gasteiger partial charge >= 0.3 is 0 Å². The molecule has 0 fully saturated rings. The predicted molar refractivity (Wildman–Crippen MR) is 59.0 cm³/mol. The molecule has 0 aromatic carbocycles. The van der Waals surface area contributed by atoms with Crippen molar-refractivity contribution >= 4 is 0 Å². The third-order valence-electron chi connectivity index (χ3n) is 1.65. The molecule has 4 N–H and O–H groups in total. The molecule has 0 aliphatic carbocycles. The lowest BCUT2D eigenvalue weighted by atomic mass is 10.4. The molecule has 0 atom stereocenters. The third kappa shape index (κ3) is 11.8. The van der Waals surface area contributed by atoms with Gasteiger partial charge in [0.25, 0.3) is 0 Å². The highest BCUT2D eigenvalue weighted by Gasteiger charge is 1.90. The second-order valence-electron chi connectivity index (χ2n) is 3.29. The van der Waals surface area contributed by atoms with E-state index in [-0.39, 0.29) is 0 Å². The number of nitrogens with zero attached hydrogens (tertiary/aromatic N) is 1. The Morgan fingerprint density at radius 1 is 1.07 bits per heavy atom. The first-order chi connectivity index (χ1) is 6.77. The van der Waals surface area contributed by atoms with Crippen molar-refractivity contribution in [2.24, 2.45) is 5.73 Å². The lowest BCUT2D eigenvalue weighted by Crippen LogP contribution is -2.31. The predicted octanol–water partition coefficient (Wildman–Crippen LogP) is -0.992. The Morgan fingerprint density at radius 2 is 1.71 bits per heavy atom. The van der Waals surface area contributed by atoms with E-state index in [1.54, 1.807) is 5.06 Å². The number of hydrogen-bond acceptors (Lipinski definition) is 5. The average molecular weight is 204 g/mol. The maximum atomic E-state index is 5.33. The largest absolute Gasteiger partial charge is 0.329 e. The monoisotopic (exact) mass is 204 g/mol. The summed E-state index contributed by atoms with van der Waals surface area (Å²) < 4.78 is 0. The average Bonchev–Trinajstić information content (AvgIpc) is 2.15. The Hall–Kier alpha value is -0.200. The zero-order chi connectivity index (χ0) is 10.6. The molecule has 14 heavy (non-hydrogen) atoms. The van der Waals surface area contributed by atoms with Crippen LogP contribution < -0.4 is 16.4 Å². The molecule has 0 aliphatic heterocycles. The van der Waals surface area contributed by atoms with E-state index in [1.807, 2.05) is 14.1 Å². The second-order valence-corrected chi connectivity index (χ2v) is 3.29. The number of nitrogens with one attached hydrogen (secondary N) is 2. The maximum absolute atomic E-state index is 5.33. The fraction of sp³-hybridized carbons (Fsp3) is 1.00. The summed E-state index contributed by atoms with van der Waals surface area (Å²) in [5.74, 6) is 0. The molecule has 5 nitrogen and oxygen atoms in total. The standard InChI is InChI=1S/C9H24N4O/c1-13(2)14-9-3-5-11-7-8-12-6-4-10/h11-12H,3-10H2,1-2H3. The lowest BCUT2D eigenvalue weighted by Gasteiger charge is -2.10. The molecule has 0 aliphatic rings. The van der Waals surface area contributed by atoms with Crippen molar-refractivity contribution < 1.29 is 4.84 Å². The highest BCUT2D eigenvalue weighted by molar-refractivity contribution is 4.52. The van der Waals surface area contributed by atoms with E-state index in [9.17, 15) is 0 Å². The molecule has 0 aromatic heterocycles. The normalized spacial score (nSPS) is 11.1. The van der Waals surface area contributed by atoms with Gasteiger partial charge < -0.3 is 16.4 Å². The van der Waals surface area contributed by atoms with Crippen LogP contribution in [0.25, 0.3) is 0 Å². The van der Waals surface area contributed by atoms with Gasteiger partial charge in [-0.05, 0) is 13.0 Å². The molecule has 0 bridgehead atoms. The summed E-state index contributed by atoms with van der Waals surface area (Å²) in [6.45, 7) is 5.34. The minimum atomic E-state index is 0.705. The molecule has 0 amide bonds. The highest BCUT2D eigenvalue weighted by Crippen LogP contribution is 1.82. The van der Waals surface area contributed by atoms with Crippen molar-refractivity contribution in [2.45, 2.75) is 6.42 Å². The molecular weight excluding hydrogens is 180 g/mol. The van der Waals surface area contributed by atoms with Crippen LogP contribution in [-0.4, -0.2) is 58.5 Å². The number of rotatable bonds is 10. The molecule has 0 heterocycles. The van der Waals surface area contributed by atoms with Crippen LogP contribution in [0.1, 0.15) is 6.42 Å². The lowest BCUT2D eigenvalue weighted by molar-refractivity contribution is -0.119. The van der Waals surface area contributed by atoms with Gasteiger partial charge in [-0.2, -0.15) is 5.06 Å². The molecular formula is C9H24N4O. The first-order valence-electron chi connectivity index (χ1n) is 5.19. The first kappa shape index (κ1) is 13.8.